The van der Waals surface area contributed by atoms with Gasteiger partial charge >= 0.3 is 0 Å². The summed E-state index contributed by atoms with van der Waals surface area (Å²) in [6, 6.07) is 1.82. The van der Waals surface area contributed by atoms with Gasteiger partial charge in [0, 0.05) is 25.4 Å². The van der Waals surface area contributed by atoms with Gasteiger partial charge in [-0.25, -0.2) is 0 Å². The summed E-state index contributed by atoms with van der Waals surface area (Å²) in [4.78, 5) is 18.0. The van der Waals surface area contributed by atoms with Gasteiger partial charge in [0.2, 0.25) is 5.75 Å². The molecule has 132 valence electrons. The maximum absolute atomic E-state index is 13.0. The second-order valence-electron chi connectivity index (χ2n) is 5.56. The van der Waals surface area contributed by atoms with Crippen molar-refractivity contribution in [1.82, 2.24) is 9.88 Å². The Bertz CT molecular complexity index is 703. The first-order chi connectivity index (χ1) is 11.6. The number of benzene rings is 1. The number of nitrogens with zero attached hydrogens (tertiary/aromatic N) is 1. The molecule has 0 radical (unpaired) electrons. The lowest BCUT2D eigenvalue weighted by Gasteiger charge is -2.21. The number of hydrogen-bond donors (Lipinski definition) is 1. The highest BCUT2D eigenvalue weighted by molar-refractivity contribution is 6.10. The van der Waals surface area contributed by atoms with Crippen LogP contribution in [0.1, 0.15) is 37.0 Å². The number of fused-ring (bicyclic) bond motifs is 1. The van der Waals surface area contributed by atoms with Gasteiger partial charge in [-0.2, -0.15) is 0 Å². The molecule has 2 rings (SSSR count). The van der Waals surface area contributed by atoms with Crippen molar-refractivity contribution in [3.05, 3.63) is 17.8 Å². The van der Waals surface area contributed by atoms with Crippen LogP contribution in [0.4, 0.5) is 0 Å². The van der Waals surface area contributed by atoms with E-state index in [1.165, 1.54) is 0 Å². The predicted molar refractivity (Wildman–Crippen MR) is 94.4 cm³/mol. The van der Waals surface area contributed by atoms with Crippen LogP contribution in [0, 0.1) is 0 Å². The van der Waals surface area contributed by atoms with Crippen LogP contribution in [0.2, 0.25) is 0 Å². The predicted octanol–water partition coefficient (Wildman–Crippen LogP) is 3.46. The van der Waals surface area contributed by atoms with Crippen LogP contribution >= 0.6 is 0 Å². The molecule has 0 saturated carbocycles. The molecule has 6 heteroatoms. The fraction of sp³-hybridized carbons (Fsp3) is 0.500. The van der Waals surface area contributed by atoms with Crippen molar-refractivity contribution in [2.75, 3.05) is 34.4 Å². The monoisotopic (exact) mass is 334 g/mol. The Kier molecular flexibility index (Phi) is 5.95. The van der Waals surface area contributed by atoms with Crippen molar-refractivity contribution in [2.24, 2.45) is 0 Å². The van der Waals surface area contributed by atoms with Gasteiger partial charge < -0.3 is 24.1 Å². The van der Waals surface area contributed by atoms with E-state index in [-0.39, 0.29) is 5.91 Å². The minimum atomic E-state index is -0.00419. The largest absolute Gasteiger partial charge is 0.493 e. The van der Waals surface area contributed by atoms with Gasteiger partial charge in [-0.1, -0.05) is 13.8 Å². The van der Waals surface area contributed by atoms with Crippen LogP contribution in [0.3, 0.4) is 0 Å². The first kappa shape index (κ1) is 18.0. The van der Waals surface area contributed by atoms with Crippen molar-refractivity contribution in [1.29, 1.82) is 0 Å². The molecule has 0 bridgehead atoms. The Morgan fingerprint density at radius 1 is 1.04 bits per heavy atom. The maximum Gasteiger partial charge on any atom is 0.256 e. The summed E-state index contributed by atoms with van der Waals surface area (Å²) in [5, 5.41) is 0.720. The number of carbonyl (C=O) groups excluding carboxylic acids is 1. The molecule has 0 aliphatic carbocycles. The van der Waals surface area contributed by atoms with Crippen molar-refractivity contribution >= 4 is 16.8 Å². The molecule has 0 fully saturated rings. The van der Waals surface area contributed by atoms with Crippen LogP contribution < -0.4 is 14.2 Å². The highest BCUT2D eigenvalue weighted by Gasteiger charge is 2.25. The van der Waals surface area contributed by atoms with Crippen LogP contribution in [-0.2, 0) is 0 Å². The van der Waals surface area contributed by atoms with Gasteiger partial charge in [-0.15, -0.1) is 0 Å². The van der Waals surface area contributed by atoms with E-state index in [0.29, 0.717) is 22.8 Å². The van der Waals surface area contributed by atoms with Crippen molar-refractivity contribution in [3.8, 4) is 17.2 Å². The van der Waals surface area contributed by atoms with Gasteiger partial charge in [0.25, 0.3) is 5.91 Å². The molecule has 0 aliphatic rings. The second kappa shape index (κ2) is 7.95. The van der Waals surface area contributed by atoms with Crippen LogP contribution in [0.5, 0.6) is 17.2 Å². The third-order valence-corrected chi connectivity index (χ3v) is 3.98. The van der Waals surface area contributed by atoms with E-state index in [4.69, 9.17) is 14.2 Å². The zero-order chi connectivity index (χ0) is 17.7. The summed E-state index contributed by atoms with van der Waals surface area (Å²) >= 11 is 0. The Labute approximate surface area is 142 Å². The molecule has 1 aromatic heterocycles. The van der Waals surface area contributed by atoms with Gasteiger partial charge in [0.1, 0.15) is 0 Å². The molecule has 1 N–H and O–H groups in total. The number of hydrogen-bond acceptors (Lipinski definition) is 4. The maximum atomic E-state index is 13.0. The fourth-order valence-electron chi connectivity index (χ4n) is 2.95. The molecule has 1 amide bonds. The second-order valence-corrected chi connectivity index (χ2v) is 5.56. The lowest BCUT2D eigenvalue weighted by atomic mass is 10.1. The van der Waals surface area contributed by atoms with Gasteiger partial charge in [-0.3, -0.25) is 4.79 Å². The molecule has 0 spiro atoms. The molecule has 24 heavy (non-hydrogen) atoms. The third-order valence-electron chi connectivity index (χ3n) is 3.98. The Morgan fingerprint density at radius 2 is 1.67 bits per heavy atom. The van der Waals surface area contributed by atoms with Gasteiger partial charge in [0.05, 0.1) is 37.8 Å². The molecule has 1 heterocycles. The lowest BCUT2D eigenvalue weighted by Crippen LogP contribution is -2.32. The number of nitrogens with one attached hydrogen (secondary N) is 1. The summed E-state index contributed by atoms with van der Waals surface area (Å²) in [5.41, 5.74) is 1.37. The number of aromatic nitrogens is 1. The number of H-pyrrole nitrogens is 1. The molecule has 0 aliphatic heterocycles. The summed E-state index contributed by atoms with van der Waals surface area (Å²) in [5.74, 6) is 1.54. The highest BCUT2D eigenvalue weighted by atomic mass is 16.5. The number of amides is 1. The van der Waals surface area contributed by atoms with E-state index in [2.05, 4.69) is 18.8 Å². The first-order valence-corrected chi connectivity index (χ1v) is 8.22. The van der Waals surface area contributed by atoms with Gasteiger partial charge in [0.15, 0.2) is 11.5 Å². The van der Waals surface area contributed by atoms with Crippen molar-refractivity contribution in [2.45, 2.75) is 26.7 Å². The highest BCUT2D eigenvalue weighted by Crippen LogP contribution is 2.44. The number of rotatable bonds is 8. The normalized spacial score (nSPS) is 10.7. The smallest absolute Gasteiger partial charge is 0.256 e. The quantitative estimate of drug-likeness (QED) is 0.803. The number of carbonyl (C=O) groups is 1. The van der Waals surface area contributed by atoms with Crippen LogP contribution in [-0.4, -0.2) is 50.2 Å². The number of aromatic amines is 1. The molecule has 0 atom stereocenters. The number of methoxy groups -OCH3 is 3. The average Bonchev–Trinajstić information content (AvgIpc) is 3.02. The summed E-state index contributed by atoms with van der Waals surface area (Å²) in [7, 11) is 4.69. The SMILES string of the molecule is CCCN(CCC)C(=O)c1c[nH]c2cc(OC)c(OC)c(OC)c12. The standard InChI is InChI=1S/C18H26N2O4/c1-6-8-20(9-7-2)18(21)12-11-19-13-10-14(22-3)16(23-4)17(24-5)15(12)13/h10-11,19H,6-9H2,1-5H3. The molecule has 0 saturated heterocycles. The topological polar surface area (TPSA) is 63.8 Å². The Balaban J connectivity index is 2.61. The van der Waals surface area contributed by atoms with Gasteiger partial charge in [-0.05, 0) is 12.8 Å². The van der Waals surface area contributed by atoms with Crippen molar-refractivity contribution < 1.29 is 19.0 Å². The van der Waals surface area contributed by atoms with E-state index in [1.54, 1.807) is 27.5 Å². The molecule has 6 nitrogen and oxygen atoms in total. The molecule has 1 aromatic carbocycles. The van der Waals surface area contributed by atoms with E-state index < -0.39 is 0 Å². The summed E-state index contributed by atoms with van der Waals surface area (Å²) in [6.45, 7) is 5.60. The minimum Gasteiger partial charge on any atom is -0.493 e. The first-order valence-electron chi connectivity index (χ1n) is 8.22. The van der Waals surface area contributed by atoms with Crippen LogP contribution in [0.25, 0.3) is 10.9 Å². The number of ether oxygens (including phenoxy) is 3. The third kappa shape index (κ3) is 3.13. The van der Waals surface area contributed by atoms with E-state index in [9.17, 15) is 4.79 Å². The fourth-order valence-corrected chi connectivity index (χ4v) is 2.95. The average molecular weight is 334 g/mol. The van der Waals surface area contributed by atoms with Crippen molar-refractivity contribution in [3.63, 3.8) is 0 Å². The summed E-state index contributed by atoms with van der Waals surface area (Å²) in [6.07, 6.45) is 3.57. The zero-order valence-electron chi connectivity index (χ0n) is 15.1. The zero-order valence-corrected chi connectivity index (χ0v) is 15.1. The van der Waals surface area contributed by atoms with E-state index in [1.807, 2.05) is 11.0 Å². The Morgan fingerprint density at radius 3 is 2.17 bits per heavy atom. The van der Waals surface area contributed by atoms with E-state index in [0.717, 1.165) is 36.8 Å². The molecular weight excluding hydrogens is 308 g/mol. The molecule has 2 aromatic rings. The van der Waals surface area contributed by atoms with E-state index >= 15 is 0 Å². The lowest BCUT2D eigenvalue weighted by molar-refractivity contribution is 0.0757. The van der Waals surface area contributed by atoms with Crippen LogP contribution in [0.15, 0.2) is 12.3 Å². The Hall–Kier alpha value is -2.37. The molecular formula is C18H26N2O4. The molecule has 0 unspecified atom stereocenters. The minimum absolute atomic E-state index is 0.00419. The summed E-state index contributed by atoms with van der Waals surface area (Å²) < 4.78 is 16.3.